The highest BCUT2D eigenvalue weighted by Gasteiger charge is 2.27. The number of likely N-dealkylation sites (tertiary alicyclic amines) is 1. The van der Waals surface area contributed by atoms with Gasteiger partial charge >= 0.3 is 0 Å². The van der Waals surface area contributed by atoms with E-state index in [0.29, 0.717) is 24.6 Å². The van der Waals surface area contributed by atoms with Crippen LogP contribution in [0.25, 0.3) is 0 Å². The van der Waals surface area contributed by atoms with Crippen LogP contribution in [0.3, 0.4) is 0 Å². The number of carbonyl (C=O) groups is 2. The van der Waals surface area contributed by atoms with E-state index < -0.39 is 0 Å². The van der Waals surface area contributed by atoms with Gasteiger partial charge in [-0.25, -0.2) is 9.97 Å². The molecule has 0 aromatic carbocycles. The lowest BCUT2D eigenvalue weighted by Crippen LogP contribution is -2.38. The summed E-state index contributed by atoms with van der Waals surface area (Å²) in [5.74, 6) is 1.32. The monoisotopic (exact) mass is 396 g/mol. The zero-order valence-corrected chi connectivity index (χ0v) is 17.3. The maximum atomic E-state index is 12.8. The third kappa shape index (κ3) is 4.02. The lowest BCUT2D eigenvalue weighted by atomic mass is 9.95. The van der Waals surface area contributed by atoms with Gasteiger partial charge in [0.15, 0.2) is 0 Å². The van der Waals surface area contributed by atoms with Crippen LogP contribution in [-0.4, -0.2) is 61.0 Å². The summed E-state index contributed by atoms with van der Waals surface area (Å²) < 4.78 is 1.80. The van der Waals surface area contributed by atoms with Gasteiger partial charge in [-0.05, 0) is 26.7 Å². The molecule has 2 aliphatic heterocycles. The Kier molecular flexibility index (Phi) is 5.34. The molecule has 0 spiro atoms. The molecule has 29 heavy (non-hydrogen) atoms. The Hall–Kier alpha value is -2.77. The molecule has 8 nitrogen and oxygen atoms in total. The van der Waals surface area contributed by atoms with E-state index in [1.54, 1.807) is 17.8 Å². The van der Waals surface area contributed by atoms with E-state index in [9.17, 15) is 9.59 Å². The van der Waals surface area contributed by atoms with E-state index >= 15 is 0 Å². The highest BCUT2D eigenvalue weighted by molar-refractivity contribution is 5.93. The van der Waals surface area contributed by atoms with Gasteiger partial charge in [0.2, 0.25) is 5.91 Å². The zero-order valence-electron chi connectivity index (χ0n) is 17.3. The van der Waals surface area contributed by atoms with Crippen LogP contribution in [0.2, 0.25) is 0 Å². The molecule has 8 heteroatoms. The molecular formula is C21H28N6O2. The first-order valence-corrected chi connectivity index (χ1v) is 10.4. The molecule has 154 valence electrons. The van der Waals surface area contributed by atoms with Gasteiger partial charge in [-0.15, -0.1) is 0 Å². The molecule has 2 aromatic rings. The van der Waals surface area contributed by atoms with Gasteiger partial charge in [0.05, 0.1) is 17.5 Å². The molecule has 0 bridgehead atoms. The van der Waals surface area contributed by atoms with Crippen molar-refractivity contribution in [2.24, 2.45) is 0 Å². The fourth-order valence-electron chi connectivity index (χ4n) is 4.07. The summed E-state index contributed by atoms with van der Waals surface area (Å²) in [6, 6.07) is 0.229. The Morgan fingerprint density at radius 3 is 2.52 bits per heavy atom. The van der Waals surface area contributed by atoms with E-state index in [1.807, 2.05) is 36.0 Å². The fourth-order valence-corrected chi connectivity index (χ4v) is 4.07. The highest BCUT2D eigenvalue weighted by atomic mass is 16.2. The smallest absolute Gasteiger partial charge is 0.257 e. The van der Waals surface area contributed by atoms with Crippen molar-refractivity contribution in [3.63, 3.8) is 0 Å². The fraction of sp³-hybridized carbons (Fsp3) is 0.571. The first-order valence-electron chi connectivity index (χ1n) is 10.4. The second kappa shape index (κ2) is 7.93. The van der Waals surface area contributed by atoms with Crippen molar-refractivity contribution in [1.29, 1.82) is 0 Å². The van der Waals surface area contributed by atoms with Crippen LogP contribution in [0.5, 0.6) is 0 Å². The first-order chi connectivity index (χ1) is 13.9. The van der Waals surface area contributed by atoms with Crippen LogP contribution in [0.4, 0.5) is 0 Å². The van der Waals surface area contributed by atoms with Gasteiger partial charge in [-0.1, -0.05) is 0 Å². The summed E-state index contributed by atoms with van der Waals surface area (Å²) in [6.45, 7) is 8.42. The van der Waals surface area contributed by atoms with Gasteiger partial charge in [-0.2, -0.15) is 5.10 Å². The zero-order chi connectivity index (χ0) is 20.5. The summed E-state index contributed by atoms with van der Waals surface area (Å²) in [6.07, 6.45) is 7.89. The molecule has 1 fully saturated rings. The van der Waals surface area contributed by atoms with Crippen LogP contribution in [0, 0.1) is 0 Å². The number of piperidine rings is 1. The predicted molar refractivity (Wildman–Crippen MR) is 107 cm³/mol. The number of hydrogen-bond acceptors (Lipinski definition) is 5. The summed E-state index contributed by atoms with van der Waals surface area (Å²) in [5.41, 5.74) is 2.69. The minimum atomic E-state index is 0.00299. The second-order valence-corrected chi connectivity index (χ2v) is 8.26. The quantitative estimate of drug-likeness (QED) is 0.794. The number of aromatic nitrogens is 4. The Morgan fingerprint density at radius 1 is 1.10 bits per heavy atom. The van der Waals surface area contributed by atoms with Gasteiger partial charge in [0, 0.05) is 69.4 Å². The average molecular weight is 396 g/mol. The molecule has 2 aromatic heterocycles. The minimum absolute atomic E-state index is 0.00299. The van der Waals surface area contributed by atoms with Crippen molar-refractivity contribution in [2.45, 2.75) is 58.5 Å². The van der Waals surface area contributed by atoms with Crippen LogP contribution in [-0.2, 0) is 17.8 Å². The van der Waals surface area contributed by atoms with Gasteiger partial charge in [0.1, 0.15) is 5.82 Å². The summed E-state index contributed by atoms with van der Waals surface area (Å²) in [5, 5.41) is 4.28. The maximum Gasteiger partial charge on any atom is 0.257 e. The molecule has 0 saturated carbocycles. The van der Waals surface area contributed by atoms with Crippen molar-refractivity contribution in [1.82, 2.24) is 29.5 Å². The second-order valence-electron chi connectivity index (χ2n) is 8.26. The Labute approximate surface area is 170 Å². The third-order valence-electron chi connectivity index (χ3n) is 5.92. The highest BCUT2D eigenvalue weighted by Crippen LogP contribution is 2.27. The molecule has 4 rings (SSSR count). The SMILES string of the molecule is CC(=O)N1CCC(c2ncc3c(n2)CCN(C(=O)c2cnn(C(C)C)c2)C3)CC1. The Morgan fingerprint density at radius 2 is 1.86 bits per heavy atom. The normalized spacial score (nSPS) is 17.5. The maximum absolute atomic E-state index is 12.8. The molecular weight excluding hydrogens is 368 g/mol. The van der Waals surface area contributed by atoms with Crippen molar-refractivity contribution in [3.05, 3.63) is 41.2 Å². The Balaban J connectivity index is 1.43. The van der Waals surface area contributed by atoms with E-state index in [4.69, 9.17) is 4.98 Å². The summed E-state index contributed by atoms with van der Waals surface area (Å²) in [7, 11) is 0. The Bertz CT molecular complexity index is 914. The predicted octanol–water partition coefficient (Wildman–Crippen LogP) is 2.18. The van der Waals surface area contributed by atoms with Gasteiger partial charge in [0.25, 0.3) is 5.91 Å². The van der Waals surface area contributed by atoms with E-state index in [1.165, 1.54) is 0 Å². The molecule has 0 atom stereocenters. The third-order valence-corrected chi connectivity index (χ3v) is 5.92. The van der Waals surface area contributed by atoms with Crippen LogP contribution in [0.1, 0.15) is 73.0 Å². The first kappa shape index (κ1) is 19.5. The summed E-state index contributed by atoms with van der Waals surface area (Å²) >= 11 is 0. The number of hydrogen-bond donors (Lipinski definition) is 0. The minimum Gasteiger partial charge on any atom is -0.343 e. The topological polar surface area (TPSA) is 84.2 Å². The molecule has 0 unspecified atom stereocenters. The molecule has 0 N–H and O–H groups in total. The number of rotatable bonds is 3. The summed E-state index contributed by atoms with van der Waals surface area (Å²) in [4.78, 5) is 37.5. The van der Waals surface area contributed by atoms with E-state index in [0.717, 1.165) is 49.4 Å². The number of carbonyl (C=O) groups excluding carboxylic acids is 2. The van der Waals surface area contributed by atoms with Crippen LogP contribution >= 0.6 is 0 Å². The van der Waals surface area contributed by atoms with Crippen molar-refractivity contribution in [3.8, 4) is 0 Å². The molecule has 0 aliphatic carbocycles. The lowest BCUT2D eigenvalue weighted by Gasteiger charge is -2.31. The standard InChI is InChI=1S/C21H28N6O2/c1-14(2)27-13-18(11-23-27)21(29)26-9-6-19-17(12-26)10-22-20(24-19)16-4-7-25(8-5-16)15(3)28/h10-11,13-14,16H,4-9,12H2,1-3H3. The van der Waals surface area contributed by atoms with Gasteiger partial charge < -0.3 is 9.80 Å². The van der Waals surface area contributed by atoms with Crippen molar-refractivity contribution in [2.75, 3.05) is 19.6 Å². The van der Waals surface area contributed by atoms with Crippen LogP contribution in [0.15, 0.2) is 18.6 Å². The van der Waals surface area contributed by atoms with Crippen molar-refractivity contribution < 1.29 is 9.59 Å². The molecule has 0 radical (unpaired) electrons. The van der Waals surface area contributed by atoms with Gasteiger partial charge in [-0.3, -0.25) is 14.3 Å². The number of amides is 2. The largest absolute Gasteiger partial charge is 0.343 e. The number of nitrogens with zero attached hydrogens (tertiary/aromatic N) is 6. The molecule has 4 heterocycles. The van der Waals surface area contributed by atoms with Crippen LogP contribution < -0.4 is 0 Å². The van der Waals surface area contributed by atoms with Crippen molar-refractivity contribution >= 4 is 11.8 Å². The van der Waals surface area contributed by atoms with E-state index in [-0.39, 0.29) is 17.9 Å². The lowest BCUT2D eigenvalue weighted by molar-refractivity contribution is -0.129. The van der Waals surface area contributed by atoms with E-state index in [2.05, 4.69) is 10.1 Å². The molecule has 2 amide bonds. The molecule has 1 saturated heterocycles. The average Bonchev–Trinajstić information content (AvgIpc) is 3.23. The number of fused-ring (bicyclic) bond motifs is 1. The molecule has 2 aliphatic rings.